The van der Waals surface area contributed by atoms with Gasteiger partial charge in [-0.1, -0.05) is 22.9 Å². The monoisotopic (exact) mass is 415 g/mol. The third kappa shape index (κ3) is 3.67. The molecule has 0 aliphatic rings. The Hall–Kier alpha value is -2.46. The van der Waals surface area contributed by atoms with Crippen LogP contribution in [0.4, 0.5) is 18.2 Å². The third-order valence-electron chi connectivity index (χ3n) is 3.72. The van der Waals surface area contributed by atoms with E-state index >= 15 is 0 Å². The van der Waals surface area contributed by atoms with Gasteiger partial charge in [0.2, 0.25) is 0 Å². The number of aryl methyl sites for hydroxylation is 1. The van der Waals surface area contributed by atoms with Crippen LogP contribution in [0, 0.1) is 0 Å². The molecule has 142 valence electrons. The lowest BCUT2D eigenvalue weighted by atomic mass is 10.2. The highest BCUT2D eigenvalue weighted by Crippen LogP contribution is 2.39. The number of carbonyl (C=O) groups excluding carboxylic acids is 1. The van der Waals surface area contributed by atoms with Gasteiger partial charge in [0, 0.05) is 31.5 Å². The average molecular weight is 416 g/mol. The maximum Gasteiger partial charge on any atom is 0.433 e. The second-order valence-corrected chi connectivity index (χ2v) is 6.77. The van der Waals surface area contributed by atoms with Crippen LogP contribution in [0.3, 0.4) is 0 Å². The minimum absolute atomic E-state index is 0.0338. The molecule has 0 atom stereocenters. The number of thiazole rings is 1. The number of hydrogen-bond donors (Lipinski definition) is 0. The maximum absolute atomic E-state index is 13.3. The fourth-order valence-corrected chi connectivity index (χ4v) is 3.89. The van der Waals surface area contributed by atoms with Crippen LogP contribution in [0.2, 0.25) is 5.15 Å². The molecular formula is C16H13ClF3N5OS. The molecule has 0 saturated heterocycles. The molecule has 0 fully saturated rings. The molecule has 3 rings (SSSR count). The number of anilines is 1. The number of alkyl halides is 3. The highest BCUT2D eigenvalue weighted by molar-refractivity contribution is 7.19. The lowest BCUT2D eigenvalue weighted by Crippen LogP contribution is -2.32. The molecule has 11 heteroatoms. The summed E-state index contributed by atoms with van der Waals surface area (Å²) < 4.78 is 40.5. The molecule has 3 heterocycles. The van der Waals surface area contributed by atoms with Crippen molar-refractivity contribution in [3.8, 4) is 10.6 Å². The van der Waals surface area contributed by atoms with Gasteiger partial charge in [-0.3, -0.25) is 19.4 Å². The van der Waals surface area contributed by atoms with Gasteiger partial charge in [0.05, 0.1) is 11.8 Å². The summed E-state index contributed by atoms with van der Waals surface area (Å²) in [5, 5.41) is 4.39. The third-order valence-corrected chi connectivity index (χ3v) is 5.23. The SMILES string of the molecule is CCN(C(=O)c1cnn(C)c1C(F)(F)F)c1sc(-c2cccnc2)nc1Cl. The van der Waals surface area contributed by atoms with Crippen molar-refractivity contribution in [2.45, 2.75) is 13.1 Å². The van der Waals surface area contributed by atoms with E-state index < -0.39 is 23.3 Å². The van der Waals surface area contributed by atoms with E-state index in [2.05, 4.69) is 15.1 Å². The normalized spacial score (nSPS) is 11.6. The summed E-state index contributed by atoms with van der Waals surface area (Å²) in [5.41, 5.74) is -0.963. The largest absolute Gasteiger partial charge is 0.433 e. The first-order valence-corrected chi connectivity index (χ1v) is 8.91. The number of hydrogen-bond acceptors (Lipinski definition) is 5. The zero-order chi connectivity index (χ0) is 19.8. The molecule has 0 bridgehead atoms. The lowest BCUT2D eigenvalue weighted by molar-refractivity contribution is -0.144. The zero-order valence-electron chi connectivity index (χ0n) is 14.2. The average Bonchev–Trinajstić information content (AvgIpc) is 3.19. The van der Waals surface area contributed by atoms with Crippen molar-refractivity contribution in [3.05, 3.63) is 47.1 Å². The van der Waals surface area contributed by atoms with Crippen LogP contribution >= 0.6 is 22.9 Å². The smallest absolute Gasteiger partial charge is 0.297 e. The molecule has 27 heavy (non-hydrogen) atoms. The van der Waals surface area contributed by atoms with Gasteiger partial charge >= 0.3 is 6.18 Å². The molecule has 0 saturated carbocycles. The minimum atomic E-state index is -4.71. The van der Waals surface area contributed by atoms with Gasteiger partial charge in [0.1, 0.15) is 10.0 Å². The number of amides is 1. The number of carbonyl (C=O) groups is 1. The van der Waals surface area contributed by atoms with E-state index in [0.717, 1.165) is 29.5 Å². The molecule has 1 amide bonds. The highest BCUT2D eigenvalue weighted by Gasteiger charge is 2.40. The Bertz CT molecular complexity index is 970. The molecule has 0 aromatic carbocycles. The highest BCUT2D eigenvalue weighted by atomic mass is 35.5. The van der Waals surface area contributed by atoms with Gasteiger partial charge in [-0.25, -0.2) is 4.98 Å². The summed E-state index contributed by atoms with van der Waals surface area (Å²) in [6, 6.07) is 3.49. The number of rotatable bonds is 4. The molecule has 0 N–H and O–H groups in total. The first-order chi connectivity index (χ1) is 12.7. The summed E-state index contributed by atoms with van der Waals surface area (Å²) in [4.78, 5) is 22.2. The zero-order valence-corrected chi connectivity index (χ0v) is 15.7. The van der Waals surface area contributed by atoms with Gasteiger partial charge in [-0.2, -0.15) is 18.3 Å². The molecule has 0 radical (unpaired) electrons. The lowest BCUT2D eigenvalue weighted by Gasteiger charge is -2.19. The van der Waals surface area contributed by atoms with E-state index in [1.807, 2.05) is 0 Å². The Labute approximate surface area is 161 Å². The second kappa shape index (κ2) is 7.28. The molecule has 3 aromatic rings. The van der Waals surface area contributed by atoms with Crippen LogP contribution in [0.5, 0.6) is 0 Å². The van der Waals surface area contributed by atoms with Crippen LogP contribution in [0.25, 0.3) is 10.6 Å². The summed E-state index contributed by atoms with van der Waals surface area (Å²) in [6.45, 7) is 1.75. The fourth-order valence-electron chi connectivity index (χ4n) is 2.53. The summed E-state index contributed by atoms with van der Waals surface area (Å²) in [7, 11) is 1.13. The van der Waals surface area contributed by atoms with Crippen molar-refractivity contribution in [1.82, 2.24) is 19.7 Å². The first-order valence-electron chi connectivity index (χ1n) is 7.71. The molecule has 3 aromatic heterocycles. The van der Waals surface area contributed by atoms with Crippen molar-refractivity contribution in [3.63, 3.8) is 0 Å². The molecule has 6 nitrogen and oxygen atoms in total. The standard InChI is InChI=1S/C16H13ClF3N5OS/c1-3-25(14(26)10-8-22-24(2)11(10)16(18,19)20)15-12(17)23-13(27-15)9-5-4-6-21-7-9/h4-8H,3H2,1-2H3. The van der Waals surface area contributed by atoms with Crippen LogP contribution in [-0.4, -0.2) is 32.2 Å². The Kier molecular flexibility index (Phi) is 5.20. The summed E-state index contributed by atoms with van der Waals surface area (Å²) >= 11 is 7.28. The van der Waals surface area contributed by atoms with Gasteiger partial charge in [0.25, 0.3) is 5.91 Å². The predicted molar refractivity (Wildman–Crippen MR) is 95.9 cm³/mol. The molecule has 0 aliphatic carbocycles. The second-order valence-electron chi connectivity index (χ2n) is 5.43. The Morgan fingerprint density at radius 3 is 2.70 bits per heavy atom. The van der Waals surface area contributed by atoms with Crippen LogP contribution in [0.15, 0.2) is 30.7 Å². The molecular weight excluding hydrogens is 403 g/mol. The molecule has 0 unspecified atom stereocenters. The number of pyridine rings is 1. The van der Waals surface area contributed by atoms with E-state index in [-0.39, 0.29) is 16.7 Å². The Morgan fingerprint density at radius 1 is 1.37 bits per heavy atom. The van der Waals surface area contributed by atoms with E-state index in [9.17, 15) is 18.0 Å². The van der Waals surface area contributed by atoms with Gasteiger partial charge in [0.15, 0.2) is 10.8 Å². The van der Waals surface area contributed by atoms with Crippen molar-refractivity contribution in [2.75, 3.05) is 11.4 Å². The molecule has 0 spiro atoms. The van der Waals surface area contributed by atoms with E-state index in [1.54, 1.807) is 31.5 Å². The van der Waals surface area contributed by atoms with Crippen molar-refractivity contribution in [2.24, 2.45) is 7.05 Å². The number of halogens is 4. The minimum Gasteiger partial charge on any atom is -0.297 e. The number of nitrogens with zero attached hydrogens (tertiary/aromatic N) is 5. The summed E-state index contributed by atoms with van der Waals surface area (Å²) in [5.74, 6) is -0.846. The maximum atomic E-state index is 13.3. The van der Waals surface area contributed by atoms with Gasteiger partial charge < -0.3 is 0 Å². The summed E-state index contributed by atoms with van der Waals surface area (Å²) in [6.07, 6.45) is -0.624. The quantitative estimate of drug-likeness (QED) is 0.638. The van der Waals surface area contributed by atoms with Gasteiger partial charge in [-0.15, -0.1) is 0 Å². The fraction of sp³-hybridized carbons (Fsp3) is 0.250. The van der Waals surface area contributed by atoms with Crippen LogP contribution in [-0.2, 0) is 13.2 Å². The van der Waals surface area contributed by atoms with Crippen molar-refractivity contribution >= 4 is 33.8 Å². The first kappa shape index (κ1) is 19.3. The number of aromatic nitrogens is 4. The van der Waals surface area contributed by atoms with E-state index in [1.165, 1.54) is 0 Å². The predicted octanol–water partition coefficient (Wildman–Crippen LogP) is 4.28. The van der Waals surface area contributed by atoms with Crippen LogP contribution < -0.4 is 4.90 Å². The van der Waals surface area contributed by atoms with Gasteiger partial charge in [-0.05, 0) is 19.1 Å². The Balaban J connectivity index is 2.02. The Morgan fingerprint density at radius 2 is 2.11 bits per heavy atom. The van der Waals surface area contributed by atoms with E-state index in [4.69, 9.17) is 11.6 Å². The van der Waals surface area contributed by atoms with Crippen LogP contribution in [0.1, 0.15) is 23.0 Å². The topological polar surface area (TPSA) is 63.9 Å². The van der Waals surface area contributed by atoms with Crippen molar-refractivity contribution in [1.29, 1.82) is 0 Å². The van der Waals surface area contributed by atoms with Crippen molar-refractivity contribution < 1.29 is 18.0 Å². The molecule has 0 aliphatic heterocycles. The van der Waals surface area contributed by atoms with E-state index in [0.29, 0.717) is 15.3 Å².